The van der Waals surface area contributed by atoms with Crippen LogP contribution in [0.3, 0.4) is 0 Å². The van der Waals surface area contributed by atoms with Crippen molar-refractivity contribution in [3.05, 3.63) is 29.8 Å². The van der Waals surface area contributed by atoms with Gasteiger partial charge >= 0.3 is 0 Å². The summed E-state index contributed by atoms with van der Waals surface area (Å²) in [5.74, 6) is 0. The topological polar surface area (TPSA) is 29.3 Å². The zero-order valence-electron chi connectivity index (χ0n) is 12.9. The first-order chi connectivity index (χ1) is 9.19. The maximum Gasteiger partial charge on any atom is 0.0409 e. The van der Waals surface area contributed by atoms with E-state index in [1.165, 1.54) is 49.8 Å². The molecular formula is C17H30N2. The van der Waals surface area contributed by atoms with Gasteiger partial charge in [-0.1, -0.05) is 51.2 Å². The van der Waals surface area contributed by atoms with Crippen LogP contribution in [0.2, 0.25) is 0 Å². The molecule has 0 aliphatic rings. The van der Waals surface area contributed by atoms with E-state index in [1.807, 2.05) is 0 Å². The van der Waals surface area contributed by atoms with E-state index in [0.29, 0.717) is 6.04 Å². The lowest BCUT2D eigenvalue weighted by atomic mass is 10.0. The fraction of sp³-hybridized carbons (Fsp3) is 0.647. The largest absolute Gasteiger partial charge is 0.370 e. The van der Waals surface area contributed by atoms with Gasteiger partial charge in [0.1, 0.15) is 0 Å². The molecule has 0 saturated carbocycles. The van der Waals surface area contributed by atoms with Crippen molar-refractivity contribution in [3.8, 4) is 0 Å². The molecule has 0 saturated heterocycles. The molecule has 1 atom stereocenters. The monoisotopic (exact) mass is 262 g/mol. The van der Waals surface area contributed by atoms with E-state index in [-0.39, 0.29) is 0 Å². The number of hydrogen-bond acceptors (Lipinski definition) is 2. The first-order valence-corrected chi connectivity index (χ1v) is 7.68. The summed E-state index contributed by atoms with van der Waals surface area (Å²) in [6.07, 6.45) is 7.86. The Kier molecular flexibility index (Phi) is 7.57. The average Bonchev–Trinajstić information content (AvgIpc) is 2.42. The van der Waals surface area contributed by atoms with Gasteiger partial charge in [0.25, 0.3) is 0 Å². The summed E-state index contributed by atoms with van der Waals surface area (Å²) in [7, 11) is 2.17. The first-order valence-electron chi connectivity index (χ1n) is 7.68. The lowest BCUT2D eigenvalue weighted by Crippen LogP contribution is -2.37. The van der Waals surface area contributed by atoms with Crippen molar-refractivity contribution in [1.82, 2.24) is 0 Å². The highest BCUT2D eigenvalue weighted by Crippen LogP contribution is 2.19. The molecule has 0 aliphatic heterocycles. The van der Waals surface area contributed by atoms with Crippen molar-refractivity contribution in [3.63, 3.8) is 0 Å². The molecule has 1 unspecified atom stereocenters. The van der Waals surface area contributed by atoms with Gasteiger partial charge in [-0.2, -0.15) is 0 Å². The van der Waals surface area contributed by atoms with Gasteiger partial charge in [-0.25, -0.2) is 0 Å². The normalized spacial score (nSPS) is 12.4. The van der Waals surface area contributed by atoms with Gasteiger partial charge < -0.3 is 10.6 Å². The number of rotatable bonds is 9. The molecule has 1 aromatic rings. The van der Waals surface area contributed by atoms with Crippen LogP contribution in [0.5, 0.6) is 0 Å². The van der Waals surface area contributed by atoms with Crippen LogP contribution >= 0.6 is 0 Å². The van der Waals surface area contributed by atoms with Crippen LogP contribution in [0.25, 0.3) is 0 Å². The van der Waals surface area contributed by atoms with Crippen molar-refractivity contribution < 1.29 is 0 Å². The fourth-order valence-corrected chi connectivity index (χ4v) is 2.51. The number of unbranched alkanes of at least 4 members (excludes halogenated alkanes) is 4. The van der Waals surface area contributed by atoms with E-state index in [9.17, 15) is 0 Å². The van der Waals surface area contributed by atoms with Crippen LogP contribution in [0.15, 0.2) is 24.3 Å². The standard InChI is InChI=1S/C17H30N2/c1-4-5-6-7-8-11-17(14-18)19(3)16-12-9-10-15(2)13-16/h9-10,12-13,17H,4-8,11,14,18H2,1-3H3. The van der Waals surface area contributed by atoms with E-state index in [4.69, 9.17) is 5.73 Å². The molecule has 2 N–H and O–H groups in total. The Hall–Kier alpha value is -1.02. The van der Waals surface area contributed by atoms with E-state index >= 15 is 0 Å². The van der Waals surface area contributed by atoms with Crippen molar-refractivity contribution in [2.45, 2.75) is 58.4 Å². The van der Waals surface area contributed by atoms with Crippen molar-refractivity contribution in [2.75, 3.05) is 18.5 Å². The lowest BCUT2D eigenvalue weighted by molar-refractivity contribution is 0.528. The van der Waals surface area contributed by atoms with E-state index < -0.39 is 0 Å². The molecule has 1 rings (SSSR count). The second-order valence-electron chi connectivity index (χ2n) is 5.54. The van der Waals surface area contributed by atoms with E-state index in [0.717, 1.165) is 6.54 Å². The second-order valence-corrected chi connectivity index (χ2v) is 5.54. The molecule has 19 heavy (non-hydrogen) atoms. The highest BCUT2D eigenvalue weighted by Gasteiger charge is 2.13. The predicted octanol–water partition coefficient (Wildman–Crippen LogP) is 4.12. The third-order valence-corrected chi connectivity index (χ3v) is 3.87. The zero-order chi connectivity index (χ0) is 14.1. The highest BCUT2D eigenvalue weighted by atomic mass is 15.1. The summed E-state index contributed by atoms with van der Waals surface area (Å²) in [5, 5.41) is 0. The number of nitrogens with two attached hydrogens (primary N) is 1. The number of aryl methyl sites for hydroxylation is 1. The molecule has 2 heteroatoms. The molecule has 108 valence electrons. The van der Waals surface area contributed by atoms with Crippen LogP contribution in [-0.2, 0) is 0 Å². The molecule has 0 bridgehead atoms. The molecule has 0 heterocycles. The molecular weight excluding hydrogens is 232 g/mol. The fourth-order valence-electron chi connectivity index (χ4n) is 2.51. The number of likely N-dealkylation sites (N-methyl/N-ethyl adjacent to an activating group) is 1. The molecule has 0 spiro atoms. The van der Waals surface area contributed by atoms with Gasteiger partial charge in [-0.15, -0.1) is 0 Å². The third-order valence-electron chi connectivity index (χ3n) is 3.87. The molecule has 0 aromatic heterocycles. The Morgan fingerprint density at radius 3 is 2.53 bits per heavy atom. The Bertz CT molecular complexity index is 349. The maximum absolute atomic E-state index is 5.95. The van der Waals surface area contributed by atoms with Gasteiger partial charge in [0.15, 0.2) is 0 Å². The Labute approximate surface area is 119 Å². The number of nitrogens with zero attached hydrogens (tertiary/aromatic N) is 1. The smallest absolute Gasteiger partial charge is 0.0409 e. The Balaban J connectivity index is 2.45. The van der Waals surface area contributed by atoms with Crippen LogP contribution in [-0.4, -0.2) is 19.6 Å². The Morgan fingerprint density at radius 2 is 1.89 bits per heavy atom. The number of hydrogen-bond donors (Lipinski definition) is 1. The van der Waals surface area contributed by atoms with Gasteiger partial charge in [-0.3, -0.25) is 0 Å². The Morgan fingerprint density at radius 1 is 1.16 bits per heavy atom. The number of benzene rings is 1. The van der Waals surface area contributed by atoms with Crippen molar-refractivity contribution in [2.24, 2.45) is 5.73 Å². The summed E-state index contributed by atoms with van der Waals surface area (Å²) in [4.78, 5) is 2.34. The molecule has 0 radical (unpaired) electrons. The minimum absolute atomic E-state index is 0.462. The van der Waals surface area contributed by atoms with Crippen molar-refractivity contribution in [1.29, 1.82) is 0 Å². The average molecular weight is 262 g/mol. The van der Waals surface area contributed by atoms with E-state index in [1.54, 1.807) is 0 Å². The third kappa shape index (κ3) is 5.65. The minimum atomic E-state index is 0.462. The van der Waals surface area contributed by atoms with Crippen LogP contribution < -0.4 is 10.6 Å². The molecule has 1 aromatic carbocycles. The van der Waals surface area contributed by atoms with Gasteiger partial charge in [-0.05, 0) is 31.0 Å². The summed E-state index contributed by atoms with van der Waals surface area (Å²) < 4.78 is 0. The summed E-state index contributed by atoms with van der Waals surface area (Å²) in [6, 6.07) is 9.13. The second kappa shape index (κ2) is 8.98. The summed E-state index contributed by atoms with van der Waals surface area (Å²) >= 11 is 0. The summed E-state index contributed by atoms with van der Waals surface area (Å²) in [6.45, 7) is 5.13. The molecule has 0 amide bonds. The van der Waals surface area contributed by atoms with Gasteiger partial charge in [0.05, 0.1) is 0 Å². The first kappa shape index (κ1) is 16.0. The molecule has 0 aliphatic carbocycles. The van der Waals surface area contributed by atoms with Gasteiger partial charge in [0.2, 0.25) is 0 Å². The highest BCUT2D eigenvalue weighted by molar-refractivity contribution is 5.48. The molecule has 2 nitrogen and oxygen atoms in total. The van der Waals surface area contributed by atoms with Crippen molar-refractivity contribution >= 4 is 5.69 Å². The predicted molar refractivity (Wildman–Crippen MR) is 85.8 cm³/mol. The quantitative estimate of drug-likeness (QED) is 0.678. The van der Waals surface area contributed by atoms with Crippen LogP contribution in [0, 0.1) is 6.92 Å². The zero-order valence-corrected chi connectivity index (χ0v) is 12.9. The molecule has 0 fully saturated rings. The summed E-state index contributed by atoms with van der Waals surface area (Å²) in [5.41, 5.74) is 8.54. The van der Waals surface area contributed by atoms with Crippen LogP contribution in [0.1, 0.15) is 51.0 Å². The lowest BCUT2D eigenvalue weighted by Gasteiger charge is -2.29. The van der Waals surface area contributed by atoms with Crippen LogP contribution in [0.4, 0.5) is 5.69 Å². The minimum Gasteiger partial charge on any atom is -0.370 e. The SMILES string of the molecule is CCCCCCCC(CN)N(C)c1cccc(C)c1. The van der Waals surface area contributed by atoms with Gasteiger partial charge in [0, 0.05) is 25.3 Å². The van der Waals surface area contributed by atoms with E-state index in [2.05, 4.69) is 50.1 Å². The number of anilines is 1. The maximum atomic E-state index is 5.95.